The van der Waals surface area contributed by atoms with Gasteiger partial charge in [0, 0.05) is 0 Å². The van der Waals surface area contributed by atoms with Gasteiger partial charge in [-0.05, 0) is 32.9 Å². The Bertz CT molecular complexity index is 1300. The number of rotatable bonds is 2. The molecule has 0 radical (unpaired) electrons. The van der Waals surface area contributed by atoms with Gasteiger partial charge in [-0.3, -0.25) is 0 Å². The summed E-state index contributed by atoms with van der Waals surface area (Å²) in [5.74, 6) is 1.35. The number of aromatic nitrogens is 8. The molecule has 5 aromatic heterocycles. The van der Waals surface area contributed by atoms with Crippen molar-refractivity contribution in [1.82, 2.24) is 40.3 Å². The number of hydrogen-bond donors (Lipinski definition) is 1. The predicted octanol–water partition coefficient (Wildman–Crippen LogP) is 2.35. The molecule has 0 fully saturated rings. The van der Waals surface area contributed by atoms with Crippen molar-refractivity contribution >= 4 is 33.4 Å². The van der Waals surface area contributed by atoms with Gasteiger partial charge in [-0.15, -0.1) is 5.10 Å². The molecule has 0 saturated heterocycles. The number of aryl methyl sites for hydroxylation is 3. The molecule has 0 aliphatic rings. The molecule has 0 atom stereocenters. The maximum Gasteiger partial charge on any atom is 0.229 e. The fourth-order valence-corrected chi connectivity index (χ4v) is 3.12. The number of nitrogens with one attached hydrogen (secondary N) is 1. The SMILES string of the molecule is Cc1nc(C)c2oc3nc(Cc4nc(C)c5n[nH]nc5n4)ccc3c2n1. The van der Waals surface area contributed by atoms with Gasteiger partial charge in [0.1, 0.15) is 17.2 Å². The molecule has 0 amide bonds. The molecule has 26 heavy (non-hydrogen) atoms. The Labute approximate surface area is 146 Å². The summed E-state index contributed by atoms with van der Waals surface area (Å²) in [6.45, 7) is 5.66. The van der Waals surface area contributed by atoms with Gasteiger partial charge < -0.3 is 4.42 Å². The van der Waals surface area contributed by atoms with E-state index in [4.69, 9.17) is 4.42 Å². The van der Waals surface area contributed by atoms with Crippen LogP contribution in [0.25, 0.3) is 33.4 Å². The lowest BCUT2D eigenvalue weighted by molar-refractivity contribution is 0.644. The molecule has 5 aromatic rings. The van der Waals surface area contributed by atoms with Gasteiger partial charge in [-0.1, -0.05) is 0 Å². The summed E-state index contributed by atoms with van der Waals surface area (Å²) in [6.07, 6.45) is 0.473. The molecule has 9 heteroatoms. The highest BCUT2D eigenvalue weighted by atomic mass is 16.3. The summed E-state index contributed by atoms with van der Waals surface area (Å²) in [5.41, 5.74) is 5.64. The topological polar surface area (TPSA) is 119 Å². The molecule has 0 saturated carbocycles. The van der Waals surface area contributed by atoms with Gasteiger partial charge in [0.15, 0.2) is 11.1 Å². The highest BCUT2D eigenvalue weighted by Crippen LogP contribution is 2.28. The van der Waals surface area contributed by atoms with Gasteiger partial charge >= 0.3 is 0 Å². The lowest BCUT2D eigenvalue weighted by atomic mass is 10.2. The van der Waals surface area contributed by atoms with Crippen molar-refractivity contribution in [1.29, 1.82) is 0 Å². The van der Waals surface area contributed by atoms with E-state index in [1.165, 1.54) is 0 Å². The second-order valence-corrected chi connectivity index (χ2v) is 6.19. The Morgan fingerprint density at radius 2 is 1.77 bits per heavy atom. The van der Waals surface area contributed by atoms with Crippen molar-refractivity contribution in [3.63, 3.8) is 0 Å². The third kappa shape index (κ3) is 2.20. The standard InChI is InChI=1S/C17H14N8O/c1-7-13-16(24-25-23-13)22-12(19-7)6-10-4-5-11-14-15(26-17(11)21-10)8(2)18-9(3)20-14/h4-5H,6H2,1-3H3,(H,19,22,23,24,25). The van der Waals surface area contributed by atoms with E-state index in [2.05, 4.69) is 40.3 Å². The Hall–Kier alpha value is -3.49. The van der Waals surface area contributed by atoms with E-state index in [-0.39, 0.29) is 0 Å². The molecule has 5 heterocycles. The van der Waals surface area contributed by atoms with Crippen LogP contribution in [0.2, 0.25) is 0 Å². The summed E-state index contributed by atoms with van der Waals surface area (Å²) in [6, 6.07) is 3.91. The molecule has 0 spiro atoms. The molecule has 0 aromatic carbocycles. The van der Waals surface area contributed by atoms with E-state index in [1.54, 1.807) is 0 Å². The van der Waals surface area contributed by atoms with Gasteiger partial charge in [-0.25, -0.2) is 24.9 Å². The fourth-order valence-electron chi connectivity index (χ4n) is 3.12. The van der Waals surface area contributed by atoms with Gasteiger partial charge in [-0.2, -0.15) is 10.3 Å². The van der Waals surface area contributed by atoms with Gasteiger partial charge in [0.2, 0.25) is 11.4 Å². The van der Waals surface area contributed by atoms with Crippen molar-refractivity contribution in [2.45, 2.75) is 27.2 Å². The van der Waals surface area contributed by atoms with E-state index in [0.717, 1.165) is 28.0 Å². The zero-order valence-electron chi connectivity index (χ0n) is 14.4. The monoisotopic (exact) mass is 346 g/mol. The number of pyridine rings is 1. The second kappa shape index (κ2) is 5.25. The first-order valence-electron chi connectivity index (χ1n) is 8.16. The van der Waals surface area contributed by atoms with E-state index in [9.17, 15) is 0 Å². The van der Waals surface area contributed by atoms with Crippen molar-refractivity contribution in [2.24, 2.45) is 0 Å². The van der Waals surface area contributed by atoms with E-state index >= 15 is 0 Å². The quantitative estimate of drug-likeness (QED) is 0.517. The number of hydrogen-bond acceptors (Lipinski definition) is 8. The van der Waals surface area contributed by atoms with Crippen LogP contribution in [0.1, 0.15) is 28.7 Å². The van der Waals surface area contributed by atoms with Crippen molar-refractivity contribution < 1.29 is 4.42 Å². The normalized spacial score (nSPS) is 11.8. The van der Waals surface area contributed by atoms with Crippen LogP contribution in [0.4, 0.5) is 0 Å². The lowest BCUT2D eigenvalue weighted by Gasteiger charge is -2.01. The summed E-state index contributed by atoms with van der Waals surface area (Å²) < 4.78 is 5.89. The molecule has 128 valence electrons. The number of furan rings is 1. The predicted molar refractivity (Wildman–Crippen MR) is 93.6 cm³/mol. The number of nitrogens with zero attached hydrogens (tertiary/aromatic N) is 7. The van der Waals surface area contributed by atoms with Crippen LogP contribution in [-0.2, 0) is 6.42 Å². The molecule has 1 N–H and O–H groups in total. The molecule has 0 bridgehead atoms. The maximum absolute atomic E-state index is 5.89. The maximum atomic E-state index is 5.89. The smallest absolute Gasteiger partial charge is 0.229 e. The zero-order chi connectivity index (χ0) is 17.8. The molecular formula is C17H14N8O. The van der Waals surface area contributed by atoms with Crippen LogP contribution in [-0.4, -0.2) is 40.3 Å². The third-order valence-corrected chi connectivity index (χ3v) is 4.26. The number of aromatic amines is 1. The Kier molecular flexibility index (Phi) is 2.99. The van der Waals surface area contributed by atoms with Crippen LogP contribution in [0.3, 0.4) is 0 Å². The van der Waals surface area contributed by atoms with Crippen LogP contribution in [0, 0.1) is 20.8 Å². The highest BCUT2D eigenvalue weighted by Gasteiger charge is 2.15. The first-order valence-corrected chi connectivity index (χ1v) is 8.16. The second-order valence-electron chi connectivity index (χ2n) is 6.19. The van der Waals surface area contributed by atoms with Crippen molar-refractivity contribution in [3.8, 4) is 0 Å². The Morgan fingerprint density at radius 1 is 0.885 bits per heavy atom. The molecule has 5 rings (SSSR count). The zero-order valence-corrected chi connectivity index (χ0v) is 14.4. The van der Waals surface area contributed by atoms with E-state index in [0.29, 0.717) is 40.5 Å². The van der Waals surface area contributed by atoms with Crippen LogP contribution < -0.4 is 0 Å². The third-order valence-electron chi connectivity index (χ3n) is 4.26. The minimum Gasteiger partial charge on any atom is -0.434 e. The lowest BCUT2D eigenvalue weighted by Crippen LogP contribution is -2.01. The minimum absolute atomic E-state index is 0.473. The average molecular weight is 346 g/mol. The van der Waals surface area contributed by atoms with E-state index in [1.807, 2.05) is 32.9 Å². The largest absolute Gasteiger partial charge is 0.434 e. The minimum atomic E-state index is 0.473. The molecule has 9 nitrogen and oxygen atoms in total. The van der Waals surface area contributed by atoms with Gasteiger partial charge in [0.05, 0.1) is 28.9 Å². The first-order chi connectivity index (χ1) is 12.6. The summed E-state index contributed by atoms with van der Waals surface area (Å²) in [4.78, 5) is 22.4. The first kappa shape index (κ1) is 14.8. The number of fused-ring (bicyclic) bond motifs is 4. The van der Waals surface area contributed by atoms with E-state index < -0.39 is 0 Å². The molecule has 0 aliphatic carbocycles. The van der Waals surface area contributed by atoms with Crippen molar-refractivity contribution in [2.75, 3.05) is 0 Å². The highest BCUT2D eigenvalue weighted by molar-refractivity contribution is 6.01. The fraction of sp³-hybridized carbons (Fsp3) is 0.235. The molecule has 0 unspecified atom stereocenters. The molecular weight excluding hydrogens is 332 g/mol. The summed E-state index contributed by atoms with van der Waals surface area (Å²) >= 11 is 0. The van der Waals surface area contributed by atoms with Crippen LogP contribution in [0.15, 0.2) is 16.5 Å². The Balaban J connectivity index is 1.60. The average Bonchev–Trinajstić information content (AvgIpc) is 3.19. The van der Waals surface area contributed by atoms with Crippen LogP contribution >= 0.6 is 0 Å². The van der Waals surface area contributed by atoms with Gasteiger partial charge in [0.25, 0.3) is 0 Å². The van der Waals surface area contributed by atoms with Crippen LogP contribution in [0.5, 0.6) is 0 Å². The molecule has 0 aliphatic heterocycles. The Morgan fingerprint density at radius 3 is 2.65 bits per heavy atom. The van der Waals surface area contributed by atoms with Crippen molar-refractivity contribution in [3.05, 3.63) is 40.9 Å². The summed E-state index contributed by atoms with van der Waals surface area (Å²) in [5, 5.41) is 11.5. The summed E-state index contributed by atoms with van der Waals surface area (Å²) in [7, 11) is 0. The number of H-pyrrole nitrogens is 1.